The molecular formula is C17H18N2O2. The molecule has 0 aliphatic heterocycles. The van der Waals surface area contributed by atoms with Crippen LogP contribution in [0.1, 0.15) is 29.3 Å². The third-order valence-electron chi connectivity index (χ3n) is 3.07. The number of carbonyl (C=O) groups excluding carboxylic acids is 1. The predicted octanol–water partition coefficient (Wildman–Crippen LogP) is 3.24. The van der Waals surface area contributed by atoms with Gasteiger partial charge in [-0.15, -0.1) is 0 Å². The number of methoxy groups -OCH3 is 1. The van der Waals surface area contributed by atoms with Crippen LogP contribution in [0.5, 0.6) is 5.75 Å². The van der Waals surface area contributed by atoms with E-state index in [1.54, 1.807) is 31.4 Å². The highest BCUT2D eigenvalue weighted by Crippen LogP contribution is 2.12. The molecule has 0 aliphatic carbocycles. The van der Waals surface area contributed by atoms with Crippen LogP contribution < -0.4 is 10.2 Å². The van der Waals surface area contributed by atoms with Crippen molar-refractivity contribution in [3.8, 4) is 5.75 Å². The maximum atomic E-state index is 12.1. The lowest BCUT2D eigenvalue weighted by molar-refractivity contribution is 0.0954. The van der Waals surface area contributed by atoms with E-state index in [-0.39, 0.29) is 5.91 Å². The largest absolute Gasteiger partial charge is 0.497 e. The number of hydrazone groups is 1. The Labute approximate surface area is 124 Å². The zero-order valence-corrected chi connectivity index (χ0v) is 12.2. The van der Waals surface area contributed by atoms with E-state index in [2.05, 4.69) is 10.5 Å². The fourth-order valence-corrected chi connectivity index (χ4v) is 1.93. The van der Waals surface area contributed by atoms with Crippen LogP contribution >= 0.6 is 0 Å². The van der Waals surface area contributed by atoms with Gasteiger partial charge in [-0.05, 0) is 30.2 Å². The molecule has 4 heteroatoms. The number of benzene rings is 2. The number of hydrogen-bond acceptors (Lipinski definition) is 3. The minimum atomic E-state index is -0.254. The van der Waals surface area contributed by atoms with Gasteiger partial charge in [-0.2, -0.15) is 5.10 Å². The summed E-state index contributed by atoms with van der Waals surface area (Å²) in [6, 6.07) is 16.8. The van der Waals surface area contributed by atoms with Crippen molar-refractivity contribution in [2.45, 2.75) is 13.3 Å². The number of nitrogens with one attached hydrogen (secondary N) is 1. The van der Waals surface area contributed by atoms with Gasteiger partial charge in [-0.25, -0.2) is 5.43 Å². The van der Waals surface area contributed by atoms with E-state index < -0.39 is 0 Å². The Morgan fingerprint density at radius 2 is 1.81 bits per heavy atom. The van der Waals surface area contributed by atoms with Crippen molar-refractivity contribution in [3.05, 3.63) is 65.7 Å². The molecule has 2 rings (SSSR count). The lowest BCUT2D eigenvalue weighted by atomic mass is 10.1. The Morgan fingerprint density at radius 3 is 2.48 bits per heavy atom. The van der Waals surface area contributed by atoms with E-state index in [0.717, 1.165) is 17.7 Å². The van der Waals surface area contributed by atoms with Crippen molar-refractivity contribution in [2.24, 2.45) is 5.10 Å². The van der Waals surface area contributed by atoms with Gasteiger partial charge in [0.2, 0.25) is 0 Å². The van der Waals surface area contributed by atoms with E-state index in [1.165, 1.54) is 0 Å². The van der Waals surface area contributed by atoms with Crippen LogP contribution in [0, 0.1) is 0 Å². The van der Waals surface area contributed by atoms with Crippen molar-refractivity contribution >= 4 is 11.6 Å². The van der Waals surface area contributed by atoms with Crippen LogP contribution in [-0.2, 0) is 0 Å². The van der Waals surface area contributed by atoms with Gasteiger partial charge in [-0.1, -0.05) is 43.3 Å². The van der Waals surface area contributed by atoms with Crippen LogP contribution in [0.25, 0.3) is 0 Å². The fraction of sp³-hybridized carbons (Fsp3) is 0.176. The monoisotopic (exact) mass is 282 g/mol. The maximum absolute atomic E-state index is 12.1. The first-order valence-corrected chi connectivity index (χ1v) is 6.81. The Kier molecular flexibility index (Phi) is 5.10. The van der Waals surface area contributed by atoms with Gasteiger partial charge in [0.15, 0.2) is 0 Å². The molecular weight excluding hydrogens is 264 g/mol. The van der Waals surface area contributed by atoms with Crippen molar-refractivity contribution in [1.29, 1.82) is 0 Å². The highest BCUT2D eigenvalue weighted by molar-refractivity contribution is 6.02. The topological polar surface area (TPSA) is 50.7 Å². The number of nitrogens with zero attached hydrogens (tertiary/aromatic N) is 1. The number of rotatable bonds is 5. The second-order valence-corrected chi connectivity index (χ2v) is 4.45. The van der Waals surface area contributed by atoms with Gasteiger partial charge in [-0.3, -0.25) is 4.79 Å². The summed E-state index contributed by atoms with van der Waals surface area (Å²) in [4.78, 5) is 12.1. The lowest BCUT2D eigenvalue weighted by Gasteiger charge is -2.06. The van der Waals surface area contributed by atoms with Crippen LogP contribution in [0.3, 0.4) is 0 Å². The Bertz CT molecular complexity index is 636. The van der Waals surface area contributed by atoms with Gasteiger partial charge in [0.1, 0.15) is 5.75 Å². The van der Waals surface area contributed by atoms with Crippen molar-refractivity contribution < 1.29 is 9.53 Å². The average Bonchev–Trinajstić information content (AvgIpc) is 2.56. The lowest BCUT2D eigenvalue weighted by Crippen LogP contribution is -2.20. The second kappa shape index (κ2) is 7.24. The molecule has 0 aliphatic rings. The third kappa shape index (κ3) is 3.92. The minimum Gasteiger partial charge on any atom is -0.497 e. The van der Waals surface area contributed by atoms with E-state index in [4.69, 9.17) is 4.74 Å². The molecule has 4 nitrogen and oxygen atoms in total. The molecule has 0 bridgehead atoms. The van der Waals surface area contributed by atoms with Crippen molar-refractivity contribution in [1.82, 2.24) is 5.43 Å². The van der Waals surface area contributed by atoms with E-state index >= 15 is 0 Å². The highest BCUT2D eigenvalue weighted by Gasteiger charge is 2.07. The molecule has 0 heterocycles. The first kappa shape index (κ1) is 14.8. The highest BCUT2D eigenvalue weighted by atomic mass is 16.5. The SMILES string of the molecule is CCC(=NNC(=O)c1cccc(OC)c1)c1ccccc1. The smallest absolute Gasteiger partial charge is 0.271 e. The molecule has 108 valence electrons. The van der Waals surface area contributed by atoms with Gasteiger partial charge >= 0.3 is 0 Å². The molecule has 21 heavy (non-hydrogen) atoms. The summed E-state index contributed by atoms with van der Waals surface area (Å²) in [6.45, 7) is 2.00. The van der Waals surface area contributed by atoms with Crippen LogP contribution in [0.15, 0.2) is 59.7 Å². The van der Waals surface area contributed by atoms with Crippen LogP contribution in [0.2, 0.25) is 0 Å². The van der Waals surface area contributed by atoms with Crippen LogP contribution in [-0.4, -0.2) is 18.7 Å². The summed E-state index contributed by atoms with van der Waals surface area (Å²) in [5.41, 5.74) is 4.95. The normalized spacial score (nSPS) is 11.0. The summed E-state index contributed by atoms with van der Waals surface area (Å²) < 4.78 is 5.11. The molecule has 0 atom stereocenters. The van der Waals surface area contributed by atoms with Gasteiger partial charge in [0, 0.05) is 5.56 Å². The number of amides is 1. The molecule has 2 aromatic carbocycles. The molecule has 0 unspecified atom stereocenters. The first-order valence-electron chi connectivity index (χ1n) is 6.81. The van der Waals surface area contributed by atoms with Crippen molar-refractivity contribution in [2.75, 3.05) is 7.11 Å². The van der Waals surface area contributed by atoms with Crippen LogP contribution in [0.4, 0.5) is 0 Å². The summed E-state index contributed by atoms with van der Waals surface area (Å²) in [5, 5.41) is 4.22. The average molecular weight is 282 g/mol. The number of ether oxygens (including phenoxy) is 1. The van der Waals surface area contributed by atoms with E-state index in [1.807, 2.05) is 37.3 Å². The molecule has 0 saturated carbocycles. The van der Waals surface area contributed by atoms with Gasteiger partial charge in [0.25, 0.3) is 5.91 Å². The number of carbonyl (C=O) groups is 1. The Hall–Kier alpha value is -2.62. The molecule has 0 fully saturated rings. The fourth-order valence-electron chi connectivity index (χ4n) is 1.93. The van der Waals surface area contributed by atoms with Gasteiger partial charge < -0.3 is 4.74 Å². The zero-order chi connectivity index (χ0) is 15.1. The molecule has 0 saturated heterocycles. The zero-order valence-electron chi connectivity index (χ0n) is 12.2. The standard InChI is InChI=1S/C17H18N2O2/c1-3-16(13-8-5-4-6-9-13)18-19-17(20)14-10-7-11-15(12-14)21-2/h4-12H,3H2,1-2H3,(H,19,20). The van der Waals surface area contributed by atoms with Gasteiger partial charge in [0.05, 0.1) is 12.8 Å². The first-order chi connectivity index (χ1) is 10.2. The molecule has 0 spiro atoms. The molecule has 2 aromatic rings. The quantitative estimate of drug-likeness (QED) is 0.676. The summed E-state index contributed by atoms with van der Waals surface area (Å²) in [7, 11) is 1.57. The second-order valence-electron chi connectivity index (χ2n) is 4.45. The van der Waals surface area contributed by atoms with E-state index in [0.29, 0.717) is 11.3 Å². The summed E-state index contributed by atoms with van der Waals surface area (Å²) in [5.74, 6) is 0.390. The maximum Gasteiger partial charge on any atom is 0.271 e. The number of hydrogen-bond donors (Lipinski definition) is 1. The Balaban J connectivity index is 2.13. The van der Waals surface area contributed by atoms with Crippen molar-refractivity contribution in [3.63, 3.8) is 0 Å². The molecule has 1 amide bonds. The summed E-state index contributed by atoms with van der Waals surface area (Å²) in [6.07, 6.45) is 0.738. The van der Waals surface area contributed by atoms with E-state index in [9.17, 15) is 4.79 Å². The third-order valence-corrected chi connectivity index (χ3v) is 3.07. The molecule has 1 N–H and O–H groups in total. The predicted molar refractivity (Wildman–Crippen MR) is 83.7 cm³/mol. The minimum absolute atomic E-state index is 0.254. The summed E-state index contributed by atoms with van der Waals surface area (Å²) >= 11 is 0. The molecule has 0 aromatic heterocycles. The Morgan fingerprint density at radius 1 is 1.10 bits per heavy atom. The molecule has 0 radical (unpaired) electrons.